The van der Waals surface area contributed by atoms with Gasteiger partial charge in [-0.1, -0.05) is 42.5 Å². The molecule has 1 aromatic heterocycles. The van der Waals surface area contributed by atoms with E-state index in [1.54, 1.807) is 13.2 Å². The molecule has 0 aliphatic heterocycles. The molecule has 3 aromatic rings. The van der Waals surface area contributed by atoms with Crippen LogP contribution in [0.25, 0.3) is 0 Å². The maximum Gasteiger partial charge on any atom is 0.270 e. The minimum absolute atomic E-state index is 0.207. The molecule has 0 aliphatic carbocycles. The molecule has 3 rings (SSSR count). The van der Waals surface area contributed by atoms with Crippen molar-refractivity contribution in [2.24, 2.45) is 0 Å². The maximum atomic E-state index is 12.5. The minimum Gasteiger partial charge on any atom is -0.497 e. The first kappa shape index (κ1) is 19.4. The Morgan fingerprint density at radius 1 is 1.00 bits per heavy atom. The fraction of sp³-hybridized carbons (Fsp3) is 0.227. The molecule has 0 fully saturated rings. The molecule has 2 aromatic carbocycles. The molecule has 0 spiro atoms. The highest BCUT2D eigenvalue weighted by atomic mass is 16.5. The molecule has 0 bridgehead atoms. The quantitative estimate of drug-likeness (QED) is 0.630. The summed E-state index contributed by atoms with van der Waals surface area (Å²) in [5.74, 6) is 1.06. The van der Waals surface area contributed by atoms with E-state index in [2.05, 4.69) is 20.6 Å². The van der Waals surface area contributed by atoms with Crippen LogP contribution in [0.4, 0.5) is 5.95 Å². The van der Waals surface area contributed by atoms with Crippen molar-refractivity contribution in [2.45, 2.75) is 19.9 Å². The molecule has 0 atom stereocenters. The Morgan fingerprint density at radius 2 is 1.75 bits per heavy atom. The van der Waals surface area contributed by atoms with Gasteiger partial charge < -0.3 is 15.4 Å². The predicted octanol–water partition coefficient (Wildman–Crippen LogP) is 3.38. The molecule has 2 N–H and O–H groups in total. The van der Waals surface area contributed by atoms with Gasteiger partial charge in [-0.2, -0.15) is 0 Å². The molecular weight excluding hydrogens is 352 g/mol. The van der Waals surface area contributed by atoms with Crippen LogP contribution < -0.4 is 15.4 Å². The van der Waals surface area contributed by atoms with E-state index in [1.807, 2.05) is 61.5 Å². The number of amides is 1. The molecule has 6 heteroatoms. The van der Waals surface area contributed by atoms with Gasteiger partial charge in [-0.3, -0.25) is 4.79 Å². The number of carbonyl (C=O) groups excluding carboxylic acids is 1. The van der Waals surface area contributed by atoms with Crippen molar-refractivity contribution in [2.75, 3.05) is 19.0 Å². The lowest BCUT2D eigenvalue weighted by Gasteiger charge is -2.09. The summed E-state index contributed by atoms with van der Waals surface area (Å²) in [6.07, 6.45) is 0.735. The van der Waals surface area contributed by atoms with E-state index in [-0.39, 0.29) is 5.91 Å². The van der Waals surface area contributed by atoms with Gasteiger partial charge in [0.1, 0.15) is 11.4 Å². The second-order valence-corrected chi connectivity index (χ2v) is 6.41. The highest BCUT2D eigenvalue weighted by molar-refractivity contribution is 5.92. The number of aromatic nitrogens is 2. The zero-order chi connectivity index (χ0) is 19.8. The Balaban J connectivity index is 1.55. The fourth-order valence-corrected chi connectivity index (χ4v) is 2.74. The van der Waals surface area contributed by atoms with E-state index in [9.17, 15) is 4.79 Å². The number of rotatable bonds is 8. The number of anilines is 1. The normalized spacial score (nSPS) is 10.4. The SMILES string of the molecule is COc1ccc(CCNC(=O)c2cc(C)nc(NCc3ccccc3)n2)cc1. The fourth-order valence-electron chi connectivity index (χ4n) is 2.74. The van der Waals surface area contributed by atoms with E-state index >= 15 is 0 Å². The number of carbonyl (C=O) groups is 1. The Labute approximate surface area is 165 Å². The third-order valence-electron chi connectivity index (χ3n) is 4.24. The molecule has 28 heavy (non-hydrogen) atoms. The zero-order valence-corrected chi connectivity index (χ0v) is 16.1. The Kier molecular flexibility index (Phi) is 6.57. The molecule has 0 saturated carbocycles. The van der Waals surface area contributed by atoms with Crippen LogP contribution in [-0.2, 0) is 13.0 Å². The van der Waals surface area contributed by atoms with Crippen molar-refractivity contribution >= 4 is 11.9 Å². The van der Waals surface area contributed by atoms with E-state index in [4.69, 9.17) is 4.74 Å². The summed E-state index contributed by atoms with van der Waals surface area (Å²) in [6, 6.07) is 19.5. The van der Waals surface area contributed by atoms with Gasteiger partial charge in [0.2, 0.25) is 5.95 Å². The van der Waals surface area contributed by atoms with Gasteiger partial charge >= 0.3 is 0 Å². The predicted molar refractivity (Wildman–Crippen MR) is 110 cm³/mol. The van der Waals surface area contributed by atoms with Gasteiger partial charge in [-0.05, 0) is 42.7 Å². The van der Waals surface area contributed by atoms with Crippen LogP contribution in [0.15, 0.2) is 60.7 Å². The number of hydrogen-bond acceptors (Lipinski definition) is 5. The topological polar surface area (TPSA) is 76.1 Å². The summed E-state index contributed by atoms with van der Waals surface area (Å²) < 4.78 is 5.15. The van der Waals surface area contributed by atoms with Crippen molar-refractivity contribution < 1.29 is 9.53 Å². The first-order chi connectivity index (χ1) is 13.6. The molecule has 144 valence electrons. The van der Waals surface area contributed by atoms with E-state index in [1.165, 1.54) is 0 Å². The molecule has 6 nitrogen and oxygen atoms in total. The van der Waals surface area contributed by atoms with Crippen LogP contribution in [0.1, 0.15) is 27.3 Å². The second kappa shape index (κ2) is 9.50. The minimum atomic E-state index is -0.207. The van der Waals surface area contributed by atoms with Gasteiger partial charge in [0.15, 0.2) is 0 Å². The van der Waals surface area contributed by atoms with Crippen LogP contribution in [0, 0.1) is 6.92 Å². The highest BCUT2D eigenvalue weighted by Gasteiger charge is 2.10. The Morgan fingerprint density at radius 3 is 2.46 bits per heavy atom. The van der Waals surface area contributed by atoms with Crippen LogP contribution in [-0.4, -0.2) is 29.5 Å². The van der Waals surface area contributed by atoms with Crippen LogP contribution in [0.5, 0.6) is 5.75 Å². The van der Waals surface area contributed by atoms with Crippen molar-refractivity contribution in [1.82, 2.24) is 15.3 Å². The van der Waals surface area contributed by atoms with Crippen molar-refractivity contribution in [3.63, 3.8) is 0 Å². The largest absolute Gasteiger partial charge is 0.497 e. The summed E-state index contributed by atoms with van der Waals surface area (Å²) in [4.78, 5) is 21.2. The molecule has 1 amide bonds. The van der Waals surface area contributed by atoms with Crippen molar-refractivity contribution in [1.29, 1.82) is 0 Å². The smallest absolute Gasteiger partial charge is 0.270 e. The van der Waals surface area contributed by atoms with Crippen molar-refractivity contribution in [3.8, 4) is 5.75 Å². The Hall–Kier alpha value is -3.41. The third-order valence-corrected chi connectivity index (χ3v) is 4.24. The summed E-state index contributed by atoms with van der Waals surface area (Å²) in [5.41, 5.74) is 3.35. The lowest BCUT2D eigenvalue weighted by atomic mass is 10.1. The first-order valence-electron chi connectivity index (χ1n) is 9.18. The highest BCUT2D eigenvalue weighted by Crippen LogP contribution is 2.11. The van der Waals surface area contributed by atoms with Gasteiger partial charge in [-0.15, -0.1) is 0 Å². The third kappa shape index (κ3) is 5.54. The monoisotopic (exact) mass is 376 g/mol. The number of benzene rings is 2. The molecular formula is C22H24N4O2. The molecule has 0 radical (unpaired) electrons. The van der Waals surface area contributed by atoms with E-state index in [0.717, 1.165) is 29.0 Å². The summed E-state index contributed by atoms with van der Waals surface area (Å²) in [5, 5.41) is 6.09. The number of ether oxygens (including phenoxy) is 1. The van der Waals surface area contributed by atoms with Gasteiger partial charge in [0, 0.05) is 18.8 Å². The van der Waals surface area contributed by atoms with Crippen LogP contribution >= 0.6 is 0 Å². The standard InChI is InChI=1S/C22H24N4O2/c1-16-14-20(26-22(25-16)24-15-18-6-4-3-5-7-18)21(27)23-13-12-17-8-10-19(28-2)11-9-17/h3-11,14H,12-13,15H2,1-2H3,(H,23,27)(H,24,25,26). The van der Waals surface area contributed by atoms with Gasteiger partial charge in [0.05, 0.1) is 7.11 Å². The zero-order valence-electron chi connectivity index (χ0n) is 16.1. The van der Waals surface area contributed by atoms with E-state index in [0.29, 0.717) is 24.7 Å². The number of hydrogen-bond donors (Lipinski definition) is 2. The van der Waals surface area contributed by atoms with Crippen molar-refractivity contribution in [3.05, 3.63) is 83.2 Å². The number of aryl methyl sites for hydroxylation is 1. The van der Waals surface area contributed by atoms with Gasteiger partial charge in [-0.25, -0.2) is 9.97 Å². The van der Waals surface area contributed by atoms with Gasteiger partial charge in [0.25, 0.3) is 5.91 Å². The number of nitrogens with zero attached hydrogens (tertiary/aromatic N) is 2. The Bertz CT molecular complexity index is 912. The lowest BCUT2D eigenvalue weighted by molar-refractivity contribution is 0.0949. The van der Waals surface area contributed by atoms with Crippen LogP contribution in [0.3, 0.4) is 0 Å². The summed E-state index contributed by atoms with van der Waals surface area (Å²) in [7, 11) is 1.64. The molecule has 0 aliphatic rings. The average Bonchev–Trinajstić information content (AvgIpc) is 2.73. The molecule has 1 heterocycles. The molecule has 0 saturated heterocycles. The number of methoxy groups -OCH3 is 1. The maximum absolute atomic E-state index is 12.5. The first-order valence-corrected chi connectivity index (χ1v) is 9.18. The second-order valence-electron chi connectivity index (χ2n) is 6.41. The average molecular weight is 376 g/mol. The molecule has 0 unspecified atom stereocenters. The van der Waals surface area contributed by atoms with E-state index < -0.39 is 0 Å². The number of nitrogens with one attached hydrogen (secondary N) is 2. The van der Waals surface area contributed by atoms with Crippen LogP contribution in [0.2, 0.25) is 0 Å². The summed E-state index contributed by atoms with van der Waals surface area (Å²) >= 11 is 0. The lowest BCUT2D eigenvalue weighted by Crippen LogP contribution is -2.27. The summed E-state index contributed by atoms with van der Waals surface area (Å²) in [6.45, 7) is 2.98.